The van der Waals surface area contributed by atoms with Crippen molar-refractivity contribution in [2.45, 2.75) is 4.43 Å². The van der Waals surface area contributed by atoms with Crippen LogP contribution in [0.25, 0.3) is 0 Å². The maximum atomic E-state index is 3.48. The lowest BCUT2D eigenvalue weighted by atomic mass is 10.2. The molecule has 0 aliphatic carbocycles. The number of halogens is 3. The molecule has 1 aromatic rings. The molecule has 0 unspecified atom stereocenters. The minimum Gasteiger partial charge on any atom is -0.0811 e. The van der Waals surface area contributed by atoms with Crippen molar-refractivity contribution >= 4 is 61.1 Å². The number of benzene rings is 1. The van der Waals surface area contributed by atoms with E-state index in [4.69, 9.17) is 0 Å². The van der Waals surface area contributed by atoms with Crippen molar-refractivity contribution in [3.05, 3.63) is 31.8 Å². The van der Waals surface area contributed by atoms with E-state index in [9.17, 15) is 0 Å². The van der Waals surface area contributed by atoms with Gasteiger partial charge in [0.25, 0.3) is 0 Å². The minimum absolute atomic E-state index is 1.06. The topological polar surface area (TPSA) is 0 Å². The van der Waals surface area contributed by atoms with Gasteiger partial charge in [0, 0.05) is 12.5 Å². The van der Waals surface area contributed by atoms with E-state index in [1.807, 2.05) is 0 Å². The summed E-state index contributed by atoms with van der Waals surface area (Å²) in [6.45, 7) is 0. The van der Waals surface area contributed by atoms with Crippen LogP contribution >= 0.6 is 61.1 Å². The molecule has 54 valence electrons. The molecule has 0 spiro atoms. The molecule has 10 heavy (non-hydrogen) atoms. The van der Waals surface area contributed by atoms with Crippen molar-refractivity contribution in [2.24, 2.45) is 0 Å². The Labute approximate surface area is 96.2 Å². The third kappa shape index (κ3) is 2.34. The summed E-state index contributed by atoms with van der Waals surface area (Å²) in [5.41, 5.74) is 1.37. The van der Waals surface area contributed by atoms with E-state index in [1.165, 1.54) is 13.6 Å². The average Bonchev–Trinajstić information content (AvgIpc) is 1.94. The van der Waals surface area contributed by atoms with Gasteiger partial charge in [-0.25, -0.2) is 0 Å². The van der Waals surface area contributed by atoms with Gasteiger partial charge in [0.05, 0.1) is 0 Å². The van der Waals surface area contributed by atoms with E-state index in [0.717, 1.165) is 4.43 Å². The lowest BCUT2D eigenvalue weighted by Gasteiger charge is -1.99. The third-order valence-corrected chi connectivity index (χ3v) is 3.42. The summed E-state index contributed by atoms with van der Waals surface area (Å²) in [5.74, 6) is 0. The Morgan fingerprint density at radius 3 is 2.60 bits per heavy atom. The summed E-state index contributed by atoms with van der Waals surface area (Å²) in [4.78, 5) is 0. The van der Waals surface area contributed by atoms with Crippen molar-refractivity contribution in [3.63, 3.8) is 0 Å². The van der Waals surface area contributed by atoms with E-state index in [0.29, 0.717) is 0 Å². The van der Waals surface area contributed by atoms with Crippen molar-refractivity contribution < 1.29 is 0 Å². The SMILES string of the molecule is Brc1ccc(I)cc1CI. The molecule has 0 aromatic heterocycles. The molecular weight excluding hydrogens is 418 g/mol. The van der Waals surface area contributed by atoms with Crippen molar-refractivity contribution in [3.8, 4) is 0 Å². The lowest BCUT2D eigenvalue weighted by Crippen LogP contribution is -1.80. The molecule has 0 heterocycles. The second-order valence-electron chi connectivity index (χ2n) is 1.87. The van der Waals surface area contributed by atoms with Gasteiger partial charge < -0.3 is 0 Å². The van der Waals surface area contributed by atoms with E-state index >= 15 is 0 Å². The molecule has 0 radical (unpaired) electrons. The zero-order chi connectivity index (χ0) is 7.56. The van der Waals surface area contributed by atoms with Crippen LogP contribution in [0.2, 0.25) is 0 Å². The molecule has 0 N–H and O–H groups in total. The van der Waals surface area contributed by atoms with Crippen LogP contribution < -0.4 is 0 Å². The van der Waals surface area contributed by atoms with E-state index in [1.54, 1.807) is 0 Å². The van der Waals surface area contributed by atoms with E-state index < -0.39 is 0 Å². The van der Waals surface area contributed by atoms with Crippen molar-refractivity contribution in [2.75, 3.05) is 0 Å². The summed E-state index contributed by atoms with van der Waals surface area (Å²) >= 11 is 8.17. The summed E-state index contributed by atoms with van der Waals surface area (Å²) in [6, 6.07) is 6.38. The molecule has 3 heteroatoms. The summed E-state index contributed by atoms with van der Waals surface area (Å²) in [6.07, 6.45) is 0. The van der Waals surface area contributed by atoms with Gasteiger partial charge in [-0.3, -0.25) is 0 Å². The Morgan fingerprint density at radius 2 is 2.10 bits per heavy atom. The Morgan fingerprint density at radius 1 is 1.40 bits per heavy atom. The number of rotatable bonds is 1. The normalized spacial score (nSPS) is 9.90. The summed E-state index contributed by atoms with van der Waals surface area (Å²) in [7, 11) is 0. The molecule has 0 fully saturated rings. The molecule has 0 saturated carbocycles. The van der Waals surface area contributed by atoms with Crippen LogP contribution in [0.5, 0.6) is 0 Å². The Bertz CT molecular complexity index is 235. The highest BCUT2D eigenvalue weighted by Gasteiger charge is 1.96. The van der Waals surface area contributed by atoms with E-state index in [2.05, 4.69) is 79.3 Å². The first-order chi connectivity index (χ1) is 4.74. The Balaban J connectivity index is 3.09. The molecule has 0 atom stereocenters. The second kappa shape index (κ2) is 4.25. The van der Waals surface area contributed by atoms with Crippen LogP contribution in [0.15, 0.2) is 22.7 Å². The van der Waals surface area contributed by atoms with Crippen LogP contribution in [0.1, 0.15) is 5.56 Å². The molecule has 0 bridgehead atoms. The smallest absolute Gasteiger partial charge is 0.0258 e. The molecule has 0 nitrogen and oxygen atoms in total. The van der Waals surface area contributed by atoms with Crippen molar-refractivity contribution in [1.82, 2.24) is 0 Å². The highest BCUT2D eigenvalue weighted by molar-refractivity contribution is 14.1. The maximum Gasteiger partial charge on any atom is 0.0258 e. The van der Waals surface area contributed by atoms with Crippen molar-refractivity contribution in [1.29, 1.82) is 0 Å². The highest BCUT2D eigenvalue weighted by Crippen LogP contribution is 2.21. The summed E-state index contributed by atoms with van der Waals surface area (Å²) < 4.78 is 3.57. The maximum absolute atomic E-state index is 3.48. The first-order valence-electron chi connectivity index (χ1n) is 2.74. The van der Waals surface area contributed by atoms with Crippen LogP contribution in [-0.4, -0.2) is 0 Å². The highest BCUT2D eigenvalue weighted by atomic mass is 127. The van der Waals surface area contributed by atoms with Crippen LogP contribution in [0.3, 0.4) is 0 Å². The van der Waals surface area contributed by atoms with Gasteiger partial charge in [0.1, 0.15) is 0 Å². The first kappa shape index (κ1) is 9.25. The van der Waals surface area contributed by atoms with Gasteiger partial charge in [-0.2, -0.15) is 0 Å². The van der Waals surface area contributed by atoms with Gasteiger partial charge in [-0.15, -0.1) is 0 Å². The van der Waals surface area contributed by atoms with Gasteiger partial charge in [0.2, 0.25) is 0 Å². The lowest BCUT2D eigenvalue weighted by molar-refractivity contribution is 1.40. The molecule has 0 amide bonds. The first-order valence-corrected chi connectivity index (χ1v) is 6.13. The molecule has 0 aliphatic heterocycles. The third-order valence-electron chi connectivity index (χ3n) is 1.15. The molecular formula is C7H5BrI2. The predicted molar refractivity (Wildman–Crippen MR) is 64.6 cm³/mol. The molecule has 0 aliphatic rings. The monoisotopic (exact) mass is 422 g/mol. The fourth-order valence-electron chi connectivity index (χ4n) is 0.646. The van der Waals surface area contributed by atoms with Gasteiger partial charge in [-0.05, 0) is 46.4 Å². The number of hydrogen-bond donors (Lipinski definition) is 0. The molecule has 0 saturated heterocycles. The van der Waals surface area contributed by atoms with Gasteiger partial charge in [0.15, 0.2) is 0 Å². The quantitative estimate of drug-likeness (QED) is 0.474. The fourth-order valence-corrected chi connectivity index (χ4v) is 2.74. The Hall–Kier alpha value is 1.16. The average molecular weight is 423 g/mol. The molecule has 1 aromatic carbocycles. The van der Waals surface area contributed by atoms with Gasteiger partial charge in [-0.1, -0.05) is 38.5 Å². The van der Waals surface area contributed by atoms with Crippen LogP contribution in [0, 0.1) is 3.57 Å². The molecule has 1 rings (SSSR count). The predicted octanol–water partition coefficient (Wildman–Crippen LogP) is 3.99. The number of alkyl halides is 1. The summed E-state index contributed by atoms with van der Waals surface area (Å²) in [5, 5.41) is 0. The second-order valence-corrected chi connectivity index (χ2v) is 4.73. The van der Waals surface area contributed by atoms with Crippen LogP contribution in [0.4, 0.5) is 0 Å². The fraction of sp³-hybridized carbons (Fsp3) is 0.143. The zero-order valence-corrected chi connectivity index (χ0v) is 11.0. The Kier molecular flexibility index (Phi) is 3.93. The van der Waals surface area contributed by atoms with Crippen LogP contribution in [-0.2, 0) is 4.43 Å². The standard InChI is InChI=1S/C7H5BrI2/c8-7-2-1-6(10)3-5(7)4-9/h1-3H,4H2. The van der Waals surface area contributed by atoms with Gasteiger partial charge >= 0.3 is 0 Å². The zero-order valence-electron chi connectivity index (χ0n) is 5.07. The minimum atomic E-state index is 1.06. The number of hydrogen-bond acceptors (Lipinski definition) is 0. The largest absolute Gasteiger partial charge is 0.0811 e. The van der Waals surface area contributed by atoms with E-state index in [-0.39, 0.29) is 0 Å².